The van der Waals surface area contributed by atoms with E-state index in [1.807, 2.05) is 49.3 Å². The maximum Gasteiger partial charge on any atom is 0.154 e. The number of allylic oxidation sites excluding steroid dienone is 1. The van der Waals surface area contributed by atoms with E-state index >= 15 is 0 Å². The lowest BCUT2D eigenvalue weighted by molar-refractivity contribution is 0.197. The molecule has 5 heteroatoms. The molecule has 5 nitrogen and oxygen atoms in total. The zero-order chi connectivity index (χ0) is 18.7. The van der Waals surface area contributed by atoms with E-state index in [1.165, 1.54) is 16.8 Å². The van der Waals surface area contributed by atoms with Crippen molar-refractivity contribution >= 4 is 0 Å². The Hall–Kier alpha value is -2.66. The first kappa shape index (κ1) is 18.1. The topological polar surface area (TPSA) is 51.0 Å². The van der Waals surface area contributed by atoms with Crippen molar-refractivity contribution in [3.8, 4) is 11.5 Å². The van der Waals surface area contributed by atoms with Crippen LogP contribution in [0.15, 0.2) is 60.4 Å². The summed E-state index contributed by atoms with van der Waals surface area (Å²) in [6, 6.07) is 16.4. The van der Waals surface area contributed by atoms with Crippen LogP contribution in [-0.4, -0.2) is 44.4 Å². The van der Waals surface area contributed by atoms with E-state index in [2.05, 4.69) is 29.3 Å². The van der Waals surface area contributed by atoms with Gasteiger partial charge in [0.1, 0.15) is 11.5 Å². The molecule has 2 N–H and O–H groups in total. The van der Waals surface area contributed by atoms with Crippen LogP contribution in [0.3, 0.4) is 0 Å². The molecule has 0 saturated heterocycles. The summed E-state index contributed by atoms with van der Waals surface area (Å²) in [6.07, 6.45) is 2.81. The molecule has 0 spiro atoms. The standard InChI is InChI=1S/C21H27N3O2/c1-23-14-19(24(2)21(23)22)18(15-9-11-17(25-3)12-10-15)13-16-7-5-6-8-20(16)26-4/h5-12,14,18,21H,13,22H2,1-4H3. The first-order valence-electron chi connectivity index (χ1n) is 8.73. The zero-order valence-electron chi connectivity index (χ0n) is 15.8. The third-order valence-electron chi connectivity index (χ3n) is 5.05. The van der Waals surface area contributed by atoms with E-state index in [0.29, 0.717) is 0 Å². The lowest BCUT2D eigenvalue weighted by atomic mass is 9.88. The van der Waals surface area contributed by atoms with Gasteiger partial charge >= 0.3 is 0 Å². The highest BCUT2D eigenvalue weighted by molar-refractivity contribution is 5.40. The average Bonchev–Trinajstić information content (AvgIpc) is 2.93. The van der Waals surface area contributed by atoms with Gasteiger partial charge in [-0.25, -0.2) is 0 Å². The minimum Gasteiger partial charge on any atom is -0.497 e. The summed E-state index contributed by atoms with van der Waals surface area (Å²) >= 11 is 0. The molecule has 3 rings (SSSR count). The Kier molecular flexibility index (Phi) is 5.38. The number of nitrogens with zero attached hydrogens (tertiary/aromatic N) is 2. The molecule has 2 aromatic carbocycles. The first-order valence-corrected chi connectivity index (χ1v) is 8.73. The maximum absolute atomic E-state index is 6.28. The van der Waals surface area contributed by atoms with Gasteiger partial charge < -0.3 is 19.3 Å². The summed E-state index contributed by atoms with van der Waals surface area (Å²) in [5.41, 5.74) is 9.86. The van der Waals surface area contributed by atoms with Gasteiger partial charge in [0, 0.05) is 31.9 Å². The van der Waals surface area contributed by atoms with Crippen LogP contribution in [0.5, 0.6) is 11.5 Å². The van der Waals surface area contributed by atoms with Gasteiger partial charge in [-0.05, 0) is 35.7 Å². The molecule has 0 saturated carbocycles. The van der Waals surface area contributed by atoms with E-state index in [4.69, 9.17) is 15.2 Å². The predicted octanol–water partition coefficient (Wildman–Crippen LogP) is 2.99. The number of likely N-dealkylation sites (N-methyl/N-ethyl adjacent to an activating group) is 1. The zero-order valence-corrected chi connectivity index (χ0v) is 15.8. The maximum atomic E-state index is 6.28. The molecule has 1 aliphatic rings. The molecule has 0 aliphatic carbocycles. The normalized spacial score (nSPS) is 17.9. The van der Waals surface area contributed by atoms with Crippen molar-refractivity contribution in [3.05, 3.63) is 71.6 Å². The van der Waals surface area contributed by atoms with Gasteiger partial charge in [-0.1, -0.05) is 30.3 Å². The SMILES string of the molecule is COc1ccc(C(Cc2ccccc2OC)C2=CN(C)C(N)N2C)cc1. The van der Waals surface area contributed by atoms with E-state index in [1.54, 1.807) is 14.2 Å². The van der Waals surface area contributed by atoms with Crippen LogP contribution in [0.25, 0.3) is 0 Å². The summed E-state index contributed by atoms with van der Waals surface area (Å²) < 4.78 is 10.9. The van der Waals surface area contributed by atoms with Gasteiger partial charge in [0.25, 0.3) is 0 Å². The van der Waals surface area contributed by atoms with Gasteiger partial charge in [-0.2, -0.15) is 0 Å². The van der Waals surface area contributed by atoms with E-state index in [-0.39, 0.29) is 12.2 Å². The fourth-order valence-electron chi connectivity index (χ4n) is 3.46. The number of benzene rings is 2. The van der Waals surface area contributed by atoms with Crippen LogP contribution < -0.4 is 15.2 Å². The first-order chi connectivity index (χ1) is 12.5. The van der Waals surface area contributed by atoms with Crippen molar-refractivity contribution in [2.45, 2.75) is 18.6 Å². The number of hydrogen-bond donors (Lipinski definition) is 1. The van der Waals surface area contributed by atoms with Crippen molar-refractivity contribution in [1.82, 2.24) is 9.80 Å². The molecule has 26 heavy (non-hydrogen) atoms. The van der Waals surface area contributed by atoms with Gasteiger partial charge in [-0.15, -0.1) is 0 Å². The van der Waals surface area contributed by atoms with E-state index < -0.39 is 0 Å². The molecule has 2 aromatic rings. The monoisotopic (exact) mass is 353 g/mol. The summed E-state index contributed by atoms with van der Waals surface area (Å²) in [5, 5.41) is 0. The minimum absolute atomic E-state index is 0.150. The summed E-state index contributed by atoms with van der Waals surface area (Å²) in [6.45, 7) is 0. The molecule has 0 aromatic heterocycles. The highest BCUT2D eigenvalue weighted by Gasteiger charge is 2.30. The van der Waals surface area contributed by atoms with Crippen LogP contribution in [0.4, 0.5) is 0 Å². The van der Waals surface area contributed by atoms with Crippen molar-refractivity contribution < 1.29 is 9.47 Å². The summed E-state index contributed by atoms with van der Waals surface area (Å²) in [7, 11) is 7.44. The average molecular weight is 353 g/mol. The number of nitrogens with two attached hydrogens (primary N) is 1. The fraction of sp³-hybridized carbons (Fsp3) is 0.333. The third-order valence-corrected chi connectivity index (χ3v) is 5.05. The fourth-order valence-corrected chi connectivity index (χ4v) is 3.46. The van der Waals surface area contributed by atoms with Gasteiger partial charge in [0.2, 0.25) is 0 Å². The molecule has 0 fully saturated rings. The Morgan fingerprint density at radius 1 is 1.00 bits per heavy atom. The van der Waals surface area contributed by atoms with Crippen LogP contribution in [0.1, 0.15) is 17.0 Å². The molecule has 2 unspecified atom stereocenters. The molecule has 1 aliphatic heterocycles. The summed E-state index contributed by atoms with van der Waals surface area (Å²) in [4.78, 5) is 4.17. The molecule has 0 radical (unpaired) electrons. The highest BCUT2D eigenvalue weighted by Crippen LogP contribution is 2.36. The lowest BCUT2D eigenvalue weighted by Crippen LogP contribution is -2.43. The van der Waals surface area contributed by atoms with Crippen molar-refractivity contribution in [3.63, 3.8) is 0 Å². The van der Waals surface area contributed by atoms with Crippen LogP contribution in [0.2, 0.25) is 0 Å². The molecular formula is C21H27N3O2. The second kappa shape index (κ2) is 7.70. The van der Waals surface area contributed by atoms with Crippen molar-refractivity contribution in [2.24, 2.45) is 5.73 Å². The van der Waals surface area contributed by atoms with Crippen molar-refractivity contribution in [1.29, 1.82) is 0 Å². The van der Waals surface area contributed by atoms with E-state index in [0.717, 1.165) is 17.9 Å². The third kappa shape index (κ3) is 3.48. The highest BCUT2D eigenvalue weighted by atomic mass is 16.5. The molecule has 1 heterocycles. The Morgan fingerprint density at radius 3 is 2.27 bits per heavy atom. The predicted molar refractivity (Wildman–Crippen MR) is 104 cm³/mol. The molecule has 0 amide bonds. The molecule has 138 valence electrons. The van der Waals surface area contributed by atoms with Crippen molar-refractivity contribution in [2.75, 3.05) is 28.3 Å². The molecule has 0 bridgehead atoms. The lowest BCUT2D eigenvalue weighted by Gasteiger charge is -2.29. The second-order valence-electron chi connectivity index (χ2n) is 6.59. The van der Waals surface area contributed by atoms with Crippen LogP contribution in [-0.2, 0) is 6.42 Å². The number of rotatable bonds is 6. The number of hydrogen-bond acceptors (Lipinski definition) is 5. The number of para-hydroxylation sites is 1. The number of methoxy groups -OCH3 is 2. The van der Waals surface area contributed by atoms with Gasteiger partial charge in [0.05, 0.1) is 14.2 Å². The quantitative estimate of drug-likeness (QED) is 0.865. The van der Waals surface area contributed by atoms with Crippen LogP contribution in [0, 0.1) is 0 Å². The Balaban J connectivity index is 2.00. The van der Waals surface area contributed by atoms with Gasteiger partial charge in [-0.3, -0.25) is 5.73 Å². The Labute approximate surface area is 155 Å². The largest absolute Gasteiger partial charge is 0.497 e. The molecular weight excluding hydrogens is 326 g/mol. The van der Waals surface area contributed by atoms with Gasteiger partial charge in [0.15, 0.2) is 6.29 Å². The Bertz CT molecular complexity index is 773. The smallest absolute Gasteiger partial charge is 0.154 e. The van der Waals surface area contributed by atoms with E-state index in [9.17, 15) is 0 Å². The number of ether oxygens (including phenoxy) is 2. The second-order valence-corrected chi connectivity index (χ2v) is 6.59. The Morgan fingerprint density at radius 2 is 1.69 bits per heavy atom. The molecule has 2 atom stereocenters. The minimum atomic E-state index is -0.150. The van der Waals surface area contributed by atoms with Crippen LogP contribution >= 0.6 is 0 Å². The summed E-state index contributed by atoms with van der Waals surface area (Å²) in [5.74, 6) is 1.93.